The molecule has 2 aliphatic heterocycles. The lowest BCUT2D eigenvalue weighted by atomic mass is 9.49. The molecule has 250 valence electrons. The van der Waals surface area contributed by atoms with Gasteiger partial charge in [-0.05, 0) is 41.8 Å². The first-order valence-corrected chi connectivity index (χ1v) is 16.7. The smallest absolute Gasteiger partial charge is 0.272 e. The molecule has 3 aliphatic rings. The summed E-state index contributed by atoms with van der Waals surface area (Å²) in [7, 11) is 0. The maximum absolute atomic E-state index is 13.3. The van der Waals surface area contributed by atoms with E-state index in [1.807, 2.05) is 18.2 Å². The van der Waals surface area contributed by atoms with Crippen LogP contribution < -0.4 is 20.3 Å². The second-order valence-electron chi connectivity index (χ2n) is 14.1. The molecule has 1 saturated carbocycles. The van der Waals surface area contributed by atoms with E-state index in [-0.39, 0.29) is 52.3 Å². The number of nitrogens with zero attached hydrogens (tertiary/aromatic N) is 5. The van der Waals surface area contributed by atoms with Crippen molar-refractivity contribution in [3.8, 4) is 11.8 Å². The number of carbonyl (C=O) groups excluding carboxylic acids is 3. The molecule has 2 saturated heterocycles. The fourth-order valence-electron chi connectivity index (χ4n) is 7.68. The number of ether oxygens (including phenoxy) is 1. The Morgan fingerprint density at radius 2 is 1.73 bits per heavy atom. The third kappa shape index (κ3) is 6.60. The first-order valence-electron chi connectivity index (χ1n) is 16.3. The van der Waals surface area contributed by atoms with E-state index in [1.165, 1.54) is 5.56 Å². The van der Waals surface area contributed by atoms with Crippen molar-refractivity contribution in [2.24, 2.45) is 10.8 Å². The summed E-state index contributed by atoms with van der Waals surface area (Å²) in [5.41, 5.74) is 1.98. The maximum atomic E-state index is 13.3. The molecule has 0 spiro atoms. The molecule has 48 heavy (non-hydrogen) atoms. The summed E-state index contributed by atoms with van der Waals surface area (Å²) in [4.78, 5) is 41.5. The average molecular weight is 670 g/mol. The molecule has 1 atom stereocenters. The molecule has 6 rings (SSSR count). The van der Waals surface area contributed by atoms with Crippen LogP contribution in [0.4, 0.5) is 5.82 Å². The standard InChI is InChI=1S/C36H40ClN7O4/c1-35(2)33(36(3,4)34(35)48-25-10-9-24(20-38)27(37)19-25)40-32(47)28-12-13-29(42-41-28)44-17-15-43(16-18-44)21-22-5-7-23(8-6-22)26-11-14-30(45)39-31(26)46/h5-10,12-13,19,26,33-34H,11,14-18,21H2,1-4H3,(H,40,47)(H,39,45,46). The summed E-state index contributed by atoms with van der Waals surface area (Å²) in [5, 5.41) is 23.8. The summed E-state index contributed by atoms with van der Waals surface area (Å²) in [6.07, 6.45) is 0.713. The Morgan fingerprint density at radius 1 is 1.02 bits per heavy atom. The number of hydrogen-bond donors (Lipinski definition) is 2. The minimum Gasteiger partial charge on any atom is -0.489 e. The van der Waals surface area contributed by atoms with Crippen molar-refractivity contribution >= 4 is 35.1 Å². The van der Waals surface area contributed by atoms with Crippen LogP contribution >= 0.6 is 11.6 Å². The van der Waals surface area contributed by atoms with Crippen LogP contribution in [0.1, 0.15) is 73.6 Å². The van der Waals surface area contributed by atoms with Gasteiger partial charge in [0.25, 0.3) is 5.91 Å². The van der Waals surface area contributed by atoms with Gasteiger partial charge in [0.15, 0.2) is 11.5 Å². The molecule has 1 unspecified atom stereocenters. The van der Waals surface area contributed by atoms with Crippen LogP contribution in [0.3, 0.4) is 0 Å². The Kier molecular flexibility index (Phi) is 9.16. The van der Waals surface area contributed by atoms with E-state index in [0.29, 0.717) is 29.2 Å². The maximum Gasteiger partial charge on any atom is 0.272 e. The van der Waals surface area contributed by atoms with Gasteiger partial charge < -0.3 is 15.0 Å². The van der Waals surface area contributed by atoms with E-state index >= 15 is 0 Å². The highest BCUT2D eigenvalue weighted by Gasteiger charge is 2.64. The zero-order valence-electron chi connectivity index (χ0n) is 27.6. The lowest BCUT2D eigenvalue weighted by molar-refractivity contribution is -0.164. The molecule has 1 aromatic heterocycles. The summed E-state index contributed by atoms with van der Waals surface area (Å²) < 4.78 is 6.33. The number of benzene rings is 2. The lowest BCUT2D eigenvalue weighted by Gasteiger charge is -2.63. The molecule has 3 heterocycles. The predicted molar refractivity (Wildman–Crippen MR) is 180 cm³/mol. The molecule has 3 amide bonds. The van der Waals surface area contributed by atoms with E-state index in [9.17, 15) is 14.4 Å². The third-order valence-corrected chi connectivity index (χ3v) is 10.3. The van der Waals surface area contributed by atoms with Crippen molar-refractivity contribution < 1.29 is 19.1 Å². The van der Waals surface area contributed by atoms with Crippen molar-refractivity contribution in [3.63, 3.8) is 0 Å². The van der Waals surface area contributed by atoms with Gasteiger partial charge in [0.1, 0.15) is 17.9 Å². The number of amides is 3. The Balaban J connectivity index is 0.994. The zero-order valence-corrected chi connectivity index (χ0v) is 28.4. The van der Waals surface area contributed by atoms with Crippen LogP contribution in [-0.4, -0.2) is 71.1 Å². The van der Waals surface area contributed by atoms with Crippen LogP contribution in [-0.2, 0) is 16.1 Å². The van der Waals surface area contributed by atoms with Gasteiger partial charge in [0.05, 0.1) is 16.5 Å². The number of halogens is 1. The number of anilines is 1. The minimum atomic E-state index is -0.387. The molecule has 0 radical (unpaired) electrons. The van der Waals surface area contributed by atoms with Crippen LogP contribution in [0.2, 0.25) is 5.02 Å². The van der Waals surface area contributed by atoms with Gasteiger partial charge in [-0.25, -0.2) is 0 Å². The van der Waals surface area contributed by atoms with E-state index < -0.39 is 0 Å². The molecule has 3 aromatic rings. The van der Waals surface area contributed by atoms with E-state index in [1.54, 1.807) is 24.3 Å². The second kappa shape index (κ2) is 13.2. The van der Waals surface area contributed by atoms with Gasteiger partial charge in [-0.15, -0.1) is 10.2 Å². The Bertz CT molecular complexity index is 1730. The minimum absolute atomic E-state index is 0.181. The summed E-state index contributed by atoms with van der Waals surface area (Å²) >= 11 is 6.22. The van der Waals surface area contributed by atoms with Gasteiger partial charge in [0, 0.05) is 62.1 Å². The van der Waals surface area contributed by atoms with Crippen molar-refractivity contribution in [3.05, 3.63) is 82.0 Å². The van der Waals surface area contributed by atoms with Gasteiger partial charge in [-0.3, -0.25) is 24.6 Å². The van der Waals surface area contributed by atoms with E-state index in [4.69, 9.17) is 21.6 Å². The lowest BCUT2D eigenvalue weighted by Crippen LogP contribution is -2.74. The first kappa shape index (κ1) is 33.4. The predicted octanol–water partition coefficient (Wildman–Crippen LogP) is 4.46. The fraction of sp³-hybridized carbons (Fsp3) is 0.444. The SMILES string of the molecule is CC1(C)C(NC(=O)c2ccc(N3CCN(Cc4ccc(C5CCC(=O)NC5=O)cc4)CC3)nn2)C(C)(C)C1Oc1ccc(C#N)c(Cl)c1. The van der Waals surface area contributed by atoms with Gasteiger partial charge in [-0.2, -0.15) is 5.26 Å². The van der Waals surface area contributed by atoms with Crippen molar-refractivity contribution in [2.45, 2.75) is 65.1 Å². The first-order chi connectivity index (χ1) is 22.9. The molecule has 2 N–H and O–H groups in total. The van der Waals surface area contributed by atoms with Gasteiger partial charge in [-0.1, -0.05) is 63.6 Å². The van der Waals surface area contributed by atoms with Crippen LogP contribution in [0.25, 0.3) is 0 Å². The number of piperidine rings is 1. The number of nitrogens with one attached hydrogen (secondary N) is 2. The Morgan fingerprint density at radius 3 is 2.33 bits per heavy atom. The van der Waals surface area contributed by atoms with Gasteiger partial charge in [0.2, 0.25) is 11.8 Å². The highest BCUT2D eigenvalue weighted by molar-refractivity contribution is 6.31. The van der Waals surface area contributed by atoms with Crippen LogP contribution in [0.15, 0.2) is 54.6 Å². The van der Waals surface area contributed by atoms with Crippen molar-refractivity contribution in [1.29, 1.82) is 5.26 Å². The van der Waals surface area contributed by atoms with E-state index in [0.717, 1.165) is 44.1 Å². The highest BCUT2D eigenvalue weighted by Crippen LogP contribution is 2.55. The molecule has 11 nitrogen and oxygen atoms in total. The zero-order chi connectivity index (χ0) is 34.2. The molecule has 3 fully saturated rings. The number of imide groups is 1. The van der Waals surface area contributed by atoms with Crippen molar-refractivity contribution in [1.82, 2.24) is 25.7 Å². The summed E-state index contributed by atoms with van der Waals surface area (Å²) in [5.74, 6) is 0.339. The van der Waals surface area contributed by atoms with Crippen LogP contribution in [0, 0.1) is 22.2 Å². The number of piperazine rings is 1. The number of hydrogen-bond acceptors (Lipinski definition) is 9. The van der Waals surface area contributed by atoms with Crippen molar-refractivity contribution in [2.75, 3.05) is 31.1 Å². The molecular formula is C36H40ClN7O4. The monoisotopic (exact) mass is 669 g/mol. The summed E-state index contributed by atoms with van der Waals surface area (Å²) in [6.45, 7) is 12.3. The molecule has 1 aliphatic carbocycles. The van der Waals surface area contributed by atoms with Gasteiger partial charge >= 0.3 is 0 Å². The number of aromatic nitrogens is 2. The Labute approximate surface area is 285 Å². The molecule has 2 aromatic carbocycles. The van der Waals surface area contributed by atoms with Crippen LogP contribution in [0.5, 0.6) is 5.75 Å². The quantitative estimate of drug-likeness (QED) is 0.333. The highest BCUT2D eigenvalue weighted by atomic mass is 35.5. The summed E-state index contributed by atoms with van der Waals surface area (Å²) in [6, 6.07) is 18.6. The second-order valence-corrected chi connectivity index (χ2v) is 14.5. The topological polar surface area (TPSA) is 141 Å². The molecule has 12 heteroatoms. The fourth-order valence-corrected chi connectivity index (χ4v) is 7.89. The number of nitriles is 1. The Hall–Kier alpha value is -4.53. The molecular weight excluding hydrogens is 630 g/mol. The molecule has 0 bridgehead atoms. The number of rotatable bonds is 8. The third-order valence-electron chi connectivity index (χ3n) is 10.0. The largest absolute Gasteiger partial charge is 0.489 e. The number of carbonyl (C=O) groups is 3. The van der Waals surface area contributed by atoms with E-state index in [2.05, 4.69) is 76.5 Å². The average Bonchev–Trinajstić information content (AvgIpc) is 3.07. The normalized spacial score (nSPS) is 23.4.